The Morgan fingerprint density at radius 1 is 1.67 bits per heavy atom. The van der Waals surface area contributed by atoms with Gasteiger partial charge in [0.1, 0.15) is 0 Å². The van der Waals surface area contributed by atoms with Gasteiger partial charge in [0.05, 0.1) is 12.4 Å². The highest BCUT2D eigenvalue weighted by Crippen LogP contribution is 2.10. The van der Waals surface area contributed by atoms with Gasteiger partial charge in [-0.1, -0.05) is 6.92 Å². The fraction of sp³-hybridized carbons (Fsp3) is 0.500. The maximum atomic E-state index is 11.1. The summed E-state index contributed by atoms with van der Waals surface area (Å²) in [7, 11) is -3.55. The van der Waals surface area contributed by atoms with Crippen LogP contribution in [0.5, 0.6) is 0 Å². The maximum absolute atomic E-state index is 11.1. The van der Waals surface area contributed by atoms with Crippen molar-refractivity contribution in [2.75, 3.05) is 6.54 Å². The van der Waals surface area contributed by atoms with Crippen LogP contribution < -0.4 is 0 Å². The largest absolute Gasteiger partial charge is 0.505 e. The van der Waals surface area contributed by atoms with E-state index in [9.17, 15) is 8.42 Å². The lowest BCUT2D eigenvalue weighted by molar-refractivity contribution is 0.416. The summed E-state index contributed by atoms with van der Waals surface area (Å²) >= 11 is 0. The zero-order valence-corrected chi connectivity index (χ0v) is 7.45. The second kappa shape index (κ2) is 3.14. The summed E-state index contributed by atoms with van der Waals surface area (Å²) < 4.78 is 26.4. The summed E-state index contributed by atoms with van der Waals surface area (Å²) in [5.74, 6) is -0.140. The van der Waals surface area contributed by atoms with Gasteiger partial charge in [-0.05, 0) is 6.42 Å². The molecule has 1 aliphatic rings. The van der Waals surface area contributed by atoms with E-state index in [1.54, 1.807) is 0 Å². The first kappa shape index (κ1) is 9.05. The summed E-state index contributed by atoms with van der Waals surface area (Å²) in [6.45, 7) is 2.18. The lowest BCUT2D eigenvalue weighted by atomic mass is 10.5. The molecule has 0 aromatic rings. The second-order valence-corrected chi connectivity index (χ2v) is 3.95. The third kappa shape index (κ3) is 1.76. The van der Waals surface area contributed by atoms with Gasteiger partial charge >= 0.3 is 10.2 Å². The lowest BCUT2D eigenvalue weighted by Crippen LogP contribution is -2.28. The molecule has 1 aliphatic heterocycles. The molecule has 0 aromatic heterocycles. The quantitative estimate of drug-likeness (QED) is 0.686. The number of hydrogen-bond acceptors (Lipinski definition) is 3. The first-order chi connectivity index (χ1) is 5.56. The Morgan fingerprint density at radius 2 is 2.33 bits per heavy atom. The van der Waals surface area contributed by atoms with Crippen molar-refractivity contribution in [2.24, 2.45) is 4.40 Å². The SMILES string of the molecule is CCCN1C=C(O)C=NS1(=O)=O. The van der Waals surface area contributed by atoms with E-state index in [4.69, 9.17) is 5.11 Å². The minimum Gasteiger partial charge on any atom is -0.505 e. The Morgan fingerprint density at radius 3 is 2.92 bits per heavy atom. The van der Waals surface area contributed by atoms with Crippen LogP contribution in [0.2, 0.25) is 0 Å². The molecule has 6 heteroatoms. The normalized spacial score (nSPS) is 20.8. The highest BCUT2D eigenvalue weighted by Gasteiger charge is 2.19. The monoisotopic (exact) mass is 190 g/mol. The lowest BCUT2D eigenvalue weighted by Gasteiger charge is -2.18. The molecule has 1 rings (SSSR count). The van der Waals surface area contributed by atoms with Crippen LogP contribution in [-0.2, 0) is 10.2 Å². The number of aliphatic hydroxyl groups is 1. The van der Waals surface area contributed by atoms with Gasteiger partial charge in [0.15, 0.2) is 5.76 Å². The molecular weight excluding hydrogens is 180 g/mol. The van der Waals surface area contributed by atoms with Gasteiger partial charge in [-0.3, -0.25) is 4.31 Å². The molecule has 1 N–H and O–H groups in total. The third-order valence-corrected chi connectivity index (χ3v) is 2.59. The molecule has 0 saturated carbocycles. The van der Waals surface area contributed by atoms with Crippen molar-refractivity contribution in [1.82, 2.24) is 4.31 Å². The van der Waals surface area contributed by atoms with Gasteiger partial charge in [-0.25, -0.2) is 0 Å². The highest BCUT2D eigenvalue weighted by atomic mass is 32.2. The Bertz CT molecular complexity index is 318. The van der Waals surface area contributed by atoms with Crippen molar-refractivity contribution in [2.45, 2.75) is 13.3 Å². The molecule has 12 heavy (non-hydrogen) atoms. The fourth-order valence-corrected chi connectivity index (χ4v) is 1.85. The predicted molar refractivity (Wildman–Crippen MR) is 45.1 cm³/mol. The van der Waals surface area contributed by atoms with Gasteiger partial charge in [-0.15, -0.1) is 4.40 Å². The van der Waals surface area contributed by atoms with E-state index in [-0.39, 0.29) is 5.76 Å². The molecule has 0 unspecified atom stereocenters. The first-order valence-corrected chi connectivity index (χ1v) is 4.94. The van der Waals surface area contributed by atoms with Crippen LogP contribution in [0.1, 0.15) is 13.3 Å². The van der Waals surface area contributed by atoms with Crippen molar-refractivity contribution in [3.8, 4) is 0 Å². The van der Waals surface area contributed by atoms with E-state index >= 15 is 0 Å². The molecule has 0 aromatic carbocycles. The van der Waals surface area contributed by atoms with Crippen molar-refractivity contribution < 1.29 is 13.5 Å². The number of hydrogen-bond donors (Lipinski definition) is 1. The molecule has 0 atom stereocenters. The number of rotatable bonds is 2. The molecule has 0 spiro atoms. The summed E-state index contributed by atoms with van der Waals surface area (Å²) in [5, 5.41) is 8.94. The van der Waals surface area contributed by atoms with E-state index in [0.29, 0.717) is 13.0 Å². The Balaban J connectivity index is 2.91. The summed E-state index contributed by atoms with van der Waals surface area (Å²) in [5.41, 5.74) is 0. The van der Waals surface area contributed by atoms with Gasteiger partial charge in [0, 0.05) is 6.54 Å². The number of allylic oxidation sites excluding steroid dienone is 1. The Labute approximate surface area is 71.2 Å². The highest BCUT2D eigenvalue weighted by molar-refractivity contribution is 7.88. The smallest absolute Gasteiger partial charge is 0.344 e. The van der Waals surface area contributed by atoms with Crippen molar-refractivity contribution in [3.63, 3.8) is 0 Å². The van der Waals surface area contributed by atoms with Gasteiger partial charge < -0.3 is 5.11 Å². The van der Waals surface area contributed by atoms with Crippen LogP contribution in [0.3, 0.4) is 0 Å². The van der Waals surface area contributed by atoms with Gasteiger partial charge in [-0.2, -0.15) is 8.42 Å². The molecule has 0 saturated heterocycles. The van der Waals surface area contributed by atoms with Crippen molar-refractivity contribution in [1.29, 1.82) is 0 Å². The molecule has 5 nitrogen and oxygen atoms in total. The van der Waals surface area contributed by atoms with Crippen LogP contribution in [-0.4, -0.2) is 30.6 Å². The number of aliphatic hydroxyl groups excluding tert-OH is 1. The van der Waals surface area contributed by atoms with Crippen LogP contribution in [0.25, 0.3) is 0 Å². The van der Waals surface area contributed by atoms with E-state index in [0.717, 1.165) is 16.7 Å². The topological polar surface area (TPSA) is 70.0 Å². The predicted octanol–water partition coefficient (Wildman–Crippen LogP) is 0.427. The van der Waals surface area contributed by atoms with E-state index < -0.39 is 10.2 Å². The number of nitrogens with zero attached hydrogens (tertiary/aromatic N) is 2. The fourth-order valence-electron chi connectivity index (χ4n) is 0.829. The Kier molecular flexibility index (Phi) is 2.37. The van der Waals surface area contributed by atoms with Crippen LogP contribution in [0.15, 0.2) is 16.4 Å². The van der Waals surface area contributed by atoms with Gasteiger partial charge in [0.25, 0.3) is 0 Å². The molecule has 0 bridgehead atoms. The Hall–Kier alpha value is -1.04. The molecule has 0 aliphatic carbocycles. The standard InChI is InChI=1S/C6H10N2O3S/c1-2-3-8-5-6(9)4-7-12(8,10)11/h4-5,9H,2-3H2,1H3. The molecule has 1 heterocycles. The minimum absolute atomic E-state index is 0.140. The molecule has 0 fully saturated rings. The average Bonchev–Trinajstić information content (AvgIpc) is 1.98. The minimum atomic E-state index is -3.55. The molecule has 68 valence electrons. The van der Waals surface area contributed by atoms with E-state index in [2.05, 4.69) is 4.40 Å². The zero-order valence-electron chi connectivity index (χ0n) is 6.64. The van der Waals surface area contributed by atoms with Crippen molar-refractivity contribution in [3.05, 3.63) is 12.0 Å². The third-order valence-electron chi connectivity index (χ3n) is 1.33. The van der Waals surface area contributed by atoms with Crippen LogP contribution in [0, 0.1) is 0 Å². The van der Waals surface area contributed by atoms with E-state index in [1.807, 2.05) is 6.92 Å². The summed E-state index contributed by atoms with van der Waals surface area (Å²) in [6.07, 6.45) is 2.76. The maximum Gasteiger partial charge on any atom is 0.344 e. The zero-order chi connectivity index (χ0) is 9.19. The summed E-state index contributed by atoms with van der Waals surface area (Å²) in [6, 6.07) is 0. The summed E-state index contributed by atoms with van der Waals surface area (Å²) in [4.78, 5) is 0. The second-order valence-electron chi connectivity index (χ2n) is 2.38. The first-order valence-electron chi connectivity index (χ1n) is 3.54. The molecule has 0 amide bonds. The molecule has 0 radical (unpaired) electrons. The van der Waals surface area contributed by atoms with Crippen LogP contribution >= 0.6 is 0 Å². The van der Waals surface area contributed by atoms with Gasteiger partial charge in [0.2, 0.25) is 0 Å². The van der Waals surface area contributed by atoms with Crippen molar-refractivity contribution >= 4 is 16.4 Å². The van der Waals surface area contributed by atoms with Crippen LogP contribution in [0.4, 0.5) is 0 Å². The molecular formula is C6H10N2O3S. The average molecular weight is 190 g/mol. The van der Waals surface area contributed by atoms with E-state index in [1.165, 1.54) is 0 Å².